The zero-order valence-corrected chi connectivity index (χ0v) is 9.75. The van der Waals surface area contributed by atoms with Gasteiger partial charge in [0.05, 0.1) is 11.7 Å². The van der Waals surface area contributed by atoms with Crippen LogP contribution in [0.25, 0.3) is 0 Å². The SMILES string of the molecule is [B]C1(O)CCC(C(C)(OCC)OCC)N1. The van der Waals surface area contributed by atoms with Gasteiger partial charge in [0.25, 0.3) is 0 Å². The Morgan fingerprint density at radius 3 is 2.33 bits per heavy atom. The highest BCUT2D eigenvalue weighted by atomic mass is 16.7. The van der Waals surface area contributed by atoms with Gasteiger partial charge < -0.3 is 14.6 Å². The van der Waals surface area contributed by atoms with Crippen LogP contribution in [0.4, 0.5) is 0 Å². The zero-order chi connectivity index (χ0) is 11.5. The van der Waals surface area contributed by atoms with Gasteiger partial charge in [0.15, 0.2) is 5.79 Å². The number of hydrogen-bond acceptors (Lipinski definition) is 4. The molecule has 0 spiro atoms. The topological polar surface area (TPSA) is 50.7 Å². The van der Waals surface area contributed by atoms with Gasteiger partial charge in [0, 0.05) is 13.2 Å². The van der Waals surface area contributed by atoms with E-state index in [9.17, 15) is 5.11 Å². The van der Waals surface area contributed by atoms with Gasteiger partial charge in [-0.15, -0.1) is 0 Å². The van der Waals surface area contributed by atoms with Crippen LogP contribution in [0.1, 0.15) is 33.6 Å². The Labute approximate surface area is 92.7 Å². The summed E-state index contributed by atoms with van der Waals surface area (Å²) in [5.41, 5.74) is -1.29. The third-order valence-corrected chi connectivity index (χ3v) is 2.73. The largest absolute Gasteiger partial charge is 0.385 e. The maximum atomic E-state index is 9.62. The van der Waals surface area contributed by atoms with Gasteiger partial charge in [-0.3, -0.25) is 5.32 Å². The molecule has 2 atom stereocenters. The molecule has 2 N–H and O–H groups in total. The Morgan fingerprint density at radius 1 is 1.47 bits per heavy atom. The van der Waals surface area contributed by atoms with Crippen LogP contribution in [0.3, 0.4) is 0 Å². The molecule has 5 heteroatoms. The molecular formula is C10H20BNO3. The fraction of sp³-hybridized carbons (Fsp3) is 1.00. The van der Waals surface area contributed by atoms with Crippen molar-refractivity contribution >= 4 is 7.85 Å². The van der Waals surface area contributed by atoms with Gasteiger partial charge in [0.2, 0.25) is 0 Å². The Kier molecular flexibility index (Phi) is 4.17. The van der Waals surface area contributed by atoms with Crippen LogP contribution < -0.4 is 5.32 Å². The van der Waals surface area contributed by atoms with Crippen molar-refractivity contribution in [3.8, 4) is 0 Å². The predicted molar refractivity (Wildman–Crippen MR) is 58.5 cm³/mol. The monoisotopic (exact) mass is 213 g/mol. The molecule has 15 heavy (non-hydrogen) atoms. The first kappa shape index (κ1) is 13.0. The molecule has 0 aromatic rings. The van der Waals surface area contributed by atoms with E-state index in [4.69, 9.17) is 17.3 Å². The molecule has 4 nitrogen and oxygen atoms in total. The highest BCUT2D eigenvalue weighted by Crippen LogP contribution is 2.29. The van der Waals surface area contributed by atoms with Crippen molar-refractivity contribution < 1.29 is 14.6 Å². The summed E-state index contributed by atoms with van der Waals surface area (Å²) in [6.45, 7) is 6.84. The fourth-order valence-electron chi connectivity index (χ4n) is 2.02. The number of nitrogens with one attached hydrogen (secondary N) is 1. The third-order valence-electron chi connectivity index (χ3n) is 2.73. The lowest BCUT2D eigenvalue weighted by molar-refractivity contribution is -0.237. The van der Waals surface area contributed by atoms with Crippen molar-refractivity contribution in [1.82, 2.24) is 5.32 Å². The van der Waals surface area contributed by atoms with E-state index in [1.54, 1.807) is 0 Å². The molecule has 0 aromatic carbocycles. The van der Waals surface area contributed by atoms with Crippen LogP contribution >= 0.6 is 0 Å². The van der Waals surface area contributed by atoms with Crippen molar-refractivity contribution in [2.24, 2.45) is 0 Å². The van der Waals surface area contributed by atoms with Crippen LogP contribution in [-0.4, -0.2) is 43.6 Å². The van der Waals surface area contributed by atoms with Crippen molar-refractivity contribution in [1.29, 1.82) is 0 Å². The van der Waals surface area contributed by atoms with E-state index in [-0.39, 0.29) is 6.04 Å². The van der Waals surface area contributed by atoms with E-state index >= 15 is 0 Å². The zero-order valence-electron chi connectivity index (χ0n) is 9.75. The molecule has 1 saturated heterocycles. The minimum atomic E-state index is -1.29. The van der Waals surface area contributed by atoms with Crippen LogP contribution in [0.2, 0.25) is 0 Å². The molecule has 86 valence electrons. The second-order valence-corrected chi connectivity index (χ2v) is 4.04. The van der Waals surface area contributed by atoms with Gasteiger partial charge >= 0.3 is 0 Å². The smallest absolute Gasteiger partial charge is 0.180 e. The number of aliphatic hydroxyl groups is 1. The van der Waals surface area contributed by atoms with Gasteiger partial charge in [-0.25, -0.2) is 0 Å². The average molecular weight is 213 g/mol. The summed E-state index contributed by atoms with van der Waals surface area (Å²) in [4.78, 5) is 0. The Balaban J connectivity index is 2.64. The molecular weight excluding hydrogens is 193 g/mol. The standard InChI is InChI=1S/C10H20BNO3/c1-4-14-9(3,15-5-2)8-6-7-10(11,13)12-8/h8,12-13H,4-7H2,1-3H3. The second kappa shape index (κ2) is 4.83. The first-order chi connectivity index (χ1) is 6.93. The van der Waals surface area contributed by atoms with Gasteiger partial charge in [-0.05, 0) is 33.6 Å². The quantitative estimate of drug-likeness (QED) is 0.510. The highest BCUT2D eigenvalue weighted by molar-refractivity contribution is 6.14. The maximum absolute atomic E-state index is 9.62. The number of ether oxygens (including phenoxy) is 2. The van der Waals surface area contributed by atoms with Crippen molar-refractivity contribution in [2.75, 3.05) is 13.2 Å². The van der Waals surface area contributed by atoms with E-state index in [0.29, 0.717) is 19.6 Å². The van der Waals surface area contributed by atoms with Crippen LogP contribution in [0, 0.1) is 0 Å². The molecule has 0 aliphatic carbocycles. The number of rotatable bonds is 5. The molecule has 1 heterocycles. The lowest BCUT2D eigenvalue weighted by Crippen LogP contribution is -2.55. The van der Waals surface area contributed by atoms with E-state index in [1.165, 1.54) is 0 Å². The maximum Gasteiger partial charge on any atom is 0.180 e. The first-order valence-corrected chi connectivity index (χ1v) is 5.50. The summed E-state index contributed by atoms with van der Waals surface area (Å²) in [5, 5.41) is 12.5. The molecule has 0 aromatic heterocycles. The summed E-state index contributed by atoms with van der Waals surface area (Å²) in [6.07, 6.45) is 1.25. The molecule has 1 rings (SSSR count). The summed E-state index contributed by atoms with van der Waals surface area (Å²) >= 11 is 0. The van der Waals surface area contributed by atoms with Crippen molar-refractivity contribution in [3.05, 3.63) is 0 Å². The van der Waals surface area contributed by atoms with Crippen LogP contribution in [0.15, 0.2) is 0 Å². The predicted octanol–water partition coefficient (Wildman–Crippen LogP) is 0.342. The lowest BCUT2D eigenvalue weighted by Gasteiger charge is -2.36. The molecule has 2 unspecified atom stereocenters. The Hall–Kier alpha value is -0.0951. The van der Waals surface area contributed by atoms with Crippen molar-refractivity contribution in [2.45, 2.75) is 51.1 Å². The summed E-state index contributed by atoms with van der Waals surface area (Å²) < 4.78 is 11.2. The highest BCUT2D eigenvalue weighted by Gasteiger charge is 2.43. The summed E-state index contributed by atoms with van der Waals surface area (Å²) in [5.74, 6) is -0.715. The second-order valence-electron chi connectivity index (χ2n) is 4.04. The van der Waals surface area contributed by atoms with E-state index in [2.05, 4.69) is 5.32 Å². The van der Waals surface area contributed by atoms with Gasteiger partial charge in [-0.1, -0.05) is 0 Å². The van der Waals surface area contributed by atoms with E-state index in [0.717, 1.165) is 6.42 Å². The lowest BCUT2D eigenvalue weighted by atomic mass is 9.90. The molecule has 1 aliphatic heterocycles. The normalized spacial score (nSPS) is 32.1. The molecule has 0 saturated carbocycles. The Morgan fingerprint density at radius 2 is 2.00 bits per heavy atom. The van der Waals surface area contributed by atoms with Crippen LogP contribution in [-0.2, 0) is 9.47 Å². The molecule has 1 aliphatic rings. The third kappa shape index (κ3) is 3.18. The molecule has 1 fully saturated rings. The van der Waals surface area contributed by atoms with Crippen LogP contribution in [0.5, 0.6) is 0 Å². The minimum absolute atomic E-state index is 0.0765. The van der Waals surface area contributed by atoms with E-state index < -0.39 is 11.4 Å². The summed E-state index contributed by atoms with van der Waals surface area (Å²) in [6, 6.07) is -0.0765. The summed E-state index contributed by atoms with van der Waals surface area (Å²) in [7, 11) is 5.59. The Bertz CT molecular complexity index is 205. The van der Waals surface area contributed by atoms with E-state index in [1.807, 2.05) is 20.8 Å². The number of hydrogen-bond donors (Lipinski definition) is 2. The van der Waals surface area contributed by atoms with Gasteiger partial charge in [-0.2, -0.15) is 0 Å². The first-order valence-electron chi connectivity index (χ1n) is 5.50. The molecule has 0 amide bonds. The fourth-order valence-corrected chi connectivity index (χ4v) is 2.02. The molecule has 0 bridgehead atoms. The van der Waals surface area contributed by atoms with Crippen molar-refractivity contribution in [3.63, 3.8) is 0 Å². The average Bonchev–Trinajstić information content (AvgIpc) is 2.47. The van der Waals surface area contributed by atoms with Gasteiger partial charge in [0.1, 0.15) is 7.85 Å². The molecule has 2 radical (unpaired) electrons. The minimum Gasteiger partial charge on any atom is -0.385 e.